The summed E-state index contributed by atoms with van der Waals surface area (Å²) in [4.78, 5) is 0. The molecule has 0 spiro atoms. The Morgan fingerprint density at radius 2 is 1.32 bits per heavy atom. The summed E-state index contributed by atoms with van der Waals surface area (Å²) < 4.78 is 0. The van der Waals surface area contributed by atoms with Crippen molar-refractivity contribution in [1.29, 1.82) is 0 Å². The fourth-order valence-corrected chi connectivity index (χ4v) is 3.97. The van der Waals surface area contributed by atoms with Crippen LogP contribution in [0.2, 0.25) is 0 Å². The van der Waals surface area contributed by atoms with Crippen molar-refractivity contribution in [3.8, 4) is 11.1 Å². The van der Waals surface area contributed by atoms with Gasteiger partial charge in [0.1, 0.15) is 0 Å². The Bertz CT molecular complexity index is 669. The third-order valence-electron chi connectivity index (χ3n) is 4.81. The van der Waals surface area contributed by atoms with Gasteiger partial charge in [0, 0.05) is 6.04 Å². The van der Waals surface area contributed by atoms with Crippen LogP contribution in [0.15, 0.2) is 24.3 Å². The van der Waals surface area contributed by atoms with Crippen molar-refractivity contribution in [2.45, 2.75) is 52.4 Å². The van der Waals surface area contributed by atoms with Crippen LogP contribution in [0.25, 0.3) is 11.1 Å². The predicted molar refractivity (Wildman–Crippen MR) is 95.5 cm³/mol. The van der Waals surface area contributed by atoms with Gasteiger partial charge >= 0.3 is 0 Å². The van der Waals surface area contributed by atoms with Crippen LogP contribution in [-0.2, 0) is 12.8 Å². The van der Waals surface area contributed by atoms with E-state index in [-0.39, 0.29) is 11.9 Å². The quantitative estimate of drug-likeness (QED) is 0.718. The summed E-state index contributed by atoms with van der Waals surface area (Å²) in [6, 6.07) is 8.98. The maximum absolute atomic E-state index is 6.44. The van der Waals surface area contributed by atoms with Gasteiger partial charge in [-0.15, -0.1) is 0 Å². The summed E-state index contributed by atoms with van der Waals surface area (Å²) in [6.07, 6.45) is 2.23. The normalized spacial score (nSPS) is 20.8. The van der Waals surface area contributed by atoms with Crippen molar-refractivity contribution in [1.82, 2.24) is 0 Å². The molecule has 2 atom stereocenters. The lowest BCUT2D eigenvalue weighted by molar-refractivity contribution is 0.679. The Morgan fingerprint density at radius 1 is 0.864 bits per heavy atom. The van der Waals surface area contributed by atoms with E-state index < -0.39 is 0 Å². The zero-order valence-electron chi connectivity index (χ0n) is 14.0. The molecule has 2 unspecified atom stereocenters. The fraction of sp³-hybridized carbons (Fsp3) is 0.400. The van der Waals surface area contributed by atoms with Crippen LogP contribution < -0.4 is 5.73 Å². The average molecular weight is 289 g/mol. The Labute approximate surface area is 135 Å². The zero-order chi connectivity index (χ0) is 16.0. The molecule has 0 amide bonds. The maximum Gasteiger partial charge on any atom is 0.0789 e. The van der Waals surface area contributed by atoms with E-state index in [0.717, 1.165) is 12.8 Å². The van der Waals surface area contributed by atoms with Crippen LogP contribution in [0.3, 0.4) is 0 Å². The van der Waals surface area contributed by atoms with Gasteiger partial charge in [0.25, 0.3) is 0 Å². The number of hydrogen-bond donors (Lipinski definition) is 1. The summed E-state index contributed by atoms with van der Waals surface area (Å²) in [5, 5.41) is 0. The van der Waals surface area contributed by atoms with Crippen LogP contribution in [0, 0.1) is 13.8 Å². The molecule has 2 aliphatic rings. The van der Waals surface area contributed by atoms with Crippen LogP contribution in [0.1, 0.15) is 59.1 Å². The molecule has 2 aliphatic carbocycles. The first-order valence-corrected chi connectivity index (χ1v) is 8.34. The molecular formula is C20H24BN. The Kier molecular flexibility index (Phi) is 3.90. The smallest absolute Gasteiger partial charge is 0.0789 e. The number of nitrogens with two attached hydrogens (primary N) is 1. The summed E-state index contributed by atoms with van der Waals surface area (Å²) in [5.74, 6) is -0.0936. The molecule has 2 aromatic rings. The van der Waals surface area contributed by atoms with Gasteiger partial charge in [0.2, 0.25) is 0 Å². The van der Waals surface area contributed by atoms with Crippen molar-refractivity contribution in [3.05, 3.63) is 57.6 Å². The van der Waals surface area contributed by atoms with E-state index in [1.165, 1.54) is 44.5 Å². The van der Waals surface area contributed by atoms with Crippen molar-refractivity contribution < 1.29 is 0 Å². The molecule has 0 aliphatic heterocycles. The molecule has 2 heteroatoms. The van der Waals surface area contributed by atoms with Gasteiger partial charge in [-0.05, 0) is 65.9 Å². The Balaban J connectivity index is 0.000000693. The van der Waals surface area contributed by atoms with Gasteiger partial charge in [0.05, 0.1) is 7.85 Å². The molecule has 0 saturated carbocycles. The van der Waals surface area contributed by atoms with Crippen molar-refractivity contribution in [3.63, 3.8) is 0 Å². The highest BCUT2D eigenvalue weighted by Gasteiger charge is 2.33. The van der Waals surface area contributed by atoms with Gasteiger partial charge in [0.15, 0.2) is 0 Å². The molecule has 0 bridgehead atoms. The molecule has 1 nitrogen and oxygen atoms in total. The molecule has 2 radical (unpaired) electrons. The molecule has 0 heterocycles. The third kappa shape index (κ3) is 2.13. The monoisotopic (exact) mass is 289 g/mol. The van der Waals surface area contributed by atoms with E-state index in [1.807, 2.05) is 13.8 Å². The molecule has 0 fully saturated rings. The van der Waals surface area contributed by atoms with Crippen LogP contribution in [-0.4, -0.2) is 7.85 Å². The Hall–Kier alpha value is -1.54. The summed E-state index contributed by atoms with van der Waals surface area (Å²) in [6.45, 7) is 8.30. The fourth-order valence-electron chi connectivity index (χ4n) is 3.97. The van der Waals surface area contributed by atoms with Crippen LogP contribution >= 0.6 is 0 Å². The van der Waals surface area contributed by atoms with Crippen LogP contribution in [0.5, 0.6) is 0 Å². The second-order valence-electron chi connectivity index (χ2n) is 6.33. The van der Waals surface area contributed by atoms with E-state index in [9.17, 15) is 0 Å². The highest BCUT2D eigenvalue weighted by atomic mass is 14.7. The lowest BCUT2D eigenvalue weighted by atomic mass is 9.63. The predicted octanol–water partition coefficient (Wildman–Crippen LogP) is 4.32. The lowest BCUT2D eigenvalue weighted by Crippen LogP contribution is -2.27. The molecule has 4 rings (SSSR count). The largest absolute Gasteiger partial charge is 0.324 e. The summed E-state index contributed by atoms with van der Waals surface area (Å²) >= 11 is 0. The first-order valence-electron chi connectivity index (χ1n) is 8.34. The minimum absolute atomic E-state index is 0.0936. The van der Waals surface area contributed by atoms with Gasteiger partial charge in [-0.1, -0.05) is 49.2 Å². The summed E-state index contributed by atoms with van der Waals surface area (Å²) in [5.41, 5.74) is 17.1. The van der Waals surface area contributed by atoms with E-state index in [1.54, 1.807) is 0 Å². The molecule has 2 N–H and O–H groups in total. The molecule has 112 valence electrons. The molecule has 22 heavy (non-hydrogen) atoms. The minimum atomic E-state index is -0.0936. The van der Waals surface area contributed by atoms with Gasteiger partial charge in [-0.2, -0.15) is 0 Å². The van der Waals surface area contributed by atoms with Crippen molar-refractivity contribution >= 4 is 7.85 Å². The number of hydrogen-bond acceptors (Lipinski definition) is 1. The Morgan fingerprint density at radius 3 is 1.86 bits per heavy atom. The lowest BCUT2D eigenvalue weighted by Gasteiger charge is -2.37. The van der Waals surface area contributed by atoms with Crippen molar-refractivity contribution in [2.24, 2.45) is 5.73 Å². The average Bonchev–Trinajstić information content (AvgIpc) is 2.52. The zero-order valence-corrected chi connectivity index (χ0v) is 14.0. The van der Waals surface area contributed by atoms with E-state index in [2.05, 4.69) is 38.1 Å². The topological polar surface area (TPSA) is 26.0 Å². The molecule has 2 aromatic carbocycles. The van der Waals surface area contributed by atoms with Crippen LogP contribution in [0.4, 0.5) is 0 Å². The number of benzene rings is 2. The van der Waals surface area contributed by atoms with Gasteiger partial charge in [-0.25, -0.2) is 0 Å². The van der Waals surface area contributed by atoms with Crippen molar-refractivity contribution in [2.75, 3.05) is 0 Å². The number of aryl methyl sites for hydroxylation is 4. The van der Waals surface area contributed by atoms with E-state index in [4.69, 9.17) is 13.6 Å². The molecule has 0 aromatic heterocycles. The first kappa shape index (κ1) is 15.4. The van der Waals surface area contributed by atoms with Gasteiger partial charge < -0.3 is 5.73 Å². The second kappa shape index (κ2) is 5.59. The second-order valence-corrected chi connectivity index (χ2v) is 6.33. The minimum Gasteiger partial charge on any atom is -0.324 e. The highest BCUT2D eigenvalue weighted by Crippen LogP contribution is 2.49. The van der Waals surface area contributed by atoms with Gasteiger partial charge in [-0.3, -0.25) is 0 Å². The first-order chi connectivity index (χ1) is 10.6. The third-order valence-corrected chi connectivity index (χ3v) is 4.81. The highest BCUT2D eigenvalue weighted by molar-refractivity contribution is 6.14. The molecular weight excluding hydrogens is 265 g/mol. The molecule has 0 saturated heterocycles. The van der Waals surface area contributed by atoms with E-state index in [0.29, 0.717) is 0 Å². The maximum atomic E-state index is 6.44. The standard InChI is InChI=1S/C18H18BN.C2H6/c1-9-5-11-3-4-12-6-10(2)8-14-16(12)15(11)13(7-9)17(19)18(14)20;1-2/h5-8,17-18H,3-4,20H2,1-2H3;1-2H3. The number of rotatable bonds is 0. The van der Waals surface area contributed by atoms with E-state index >= 15 is 0 Å². The summed E-state index contributed by atoms with van der Waals surface area (Å²) in [7, 11) is 6.44. The SMILES string of the molecule is CC.[B]C1c2cc(C)cc3c2-c2c(cc(C)cc2C1N)CC3.